The van der Waals surface area contributed by atoms with Crippen LogP contribution in [0, 0.1) is 0 Å². The Balaban J connectivity index is 1.69. The van der Waals surface area contributed by atoms with Crippen LogP contribution in [0.2, 0.25) is 0 Å². The van der Waals surface area contributed by atoms with Crippen molar-refractivity contribution in [3.05, 3.63) is 0 Å². The van der Waals surface area contributed by atoms with Crippen LogP contribution in [0.25, 0.3) is 0 Å². The Bertz CT molecular complexity index is 106. The molecule has 1 N–H and O–H groups in total. The normalized spacial score (nSPS) is 39.6. The molecular formula is C8H15NO. The van der Waals surface area contributed by atoms with E-state index < -0.39 is 0 Å². The highest BCUT2D eigenvalue weighted by atomic mass is 16.6. The highest BCUT2D eigenvalue weighted by Crippen LogP contribution is 2.20. The van der Waals surface area contributed by atoms with Gasteiger partial charge in [0.15, 0.2) is 0 Å². The van der Waals surface area contributed by atoms with Gasteiger partial charge in [0.25, 0.3) is 0 Å². The van der Waals surface area contributed by atoms with E-state index in [-0.39, 0.29) is 0 Å². The van der Waals surface area contributed by atoms with Crippen molar-refractivity contribution in [1.29, 1.82) is 0 Å². The van der Waals surface area contributed by atoms with E-state index in [4.69, 9.17) is 4.74 Å². The third kappa shape index (κ3) is 1.70. The van der Waals surface area contributed by atoms with Gasteiger partial charge in [-0.15, -0.1) is 0 Å². The fourth-order valence-electron chi connectivity index (χ4n) is 1.65. The Hall–Kier alpha value is -0.0800. The molecule has 2 heterocycles. The summed E-state index contributed by atoms with van der Waals surface area (Å²) in [7, 11) is 0. The van der Waals surface area contributed by atoms with Crippen LogP contribution in [0.15, 0.2) is 0 Å². The van der Waals surface area contributed by atoms with Crippen molar-refractivity contribution in [2.24, 2.45) is 0 Å². The Morgan fingerprint density at radius 1 is 1.40 bits per heavy atom. The van der Waals surface area contributed by atoms with E-state index in [1.165, 1.54) is 32.2 Å². The lowest BCUT2D eigenvalue weighted by Crippen LogP contribution is -2.34. The molecule has 0 saturated carbocycles. The van der Waals surface area contributed by atoms with Crippen molar-refractivity contribution in [3.8, 4) is 0 Å². The number of piperidine rings is 1. The van der Waals surface area contributed by atoms with Gasteiger partial charge in [0, 0.05) is 6.04 Å². The maximum atomic E-state index is 5.17. The summed E-state index contributed by atoms with van der Waals surface area (Å²) in [6, 6.07) is 0.765. The van der Waals surface area contributed by atoms with E-state index in [0.29, 0.717) is 6.10 Å². The van der Waals surface area contributed by atoms with Crippen LogP contribution in [0.1, 0.15) is 25.7 Å². The molecule has 58 valence electrons. The van der Waals surface area contributed by atoms with Crippen LogP contribution in [0.3, 0.4) is 0 Å². The SMILES string of the molecule is C1CCC(CC2CO2)NC1. The lowest BCUT2D eigenvalue weighted by atomic mass is 10.0. The summed E-state index contributed by atoms with van der Waals surface area (Å²) in [5, 5.41) is 3.51. The first-order valence-corrected chi connectivity index (χ1v) is 4.30. The minimum absolute atomic E-state index is 0.607. The van der Waals surface area contributed by atoms with Crippen LogP contribution < -0.4 is 5.32 Å². The standard InChI is InChI=1S/C8H15NO/c1-2-4-9-7(3-1)5-8-6-10-8/h7-9H,1-6H2. The largest absolute Gasteiger partial charge is 0.373 e. The summed E-state index contributed by atoms with van der Waals surface area (Å²) in [5.74, 6) is 0. The highest BCUT2D eigenvalue weighted by Gasteiger charge is 2.26. The molecule has 0 radical (unpaired) electrons. The Labute approximate surface area is 61.9 Å². The zero-order chi connectivity index (χ0) is 6.81. The lowest BCUT2D eigenvalue weighted by molar-refractivity contribution is 0.325. The molecule has 0 bridgehead atoms. The van der Waals surface area contributed by atoms with Crippen LogP contribution in [-0.2, 0) is 4.74 Å². The van der Waals surface area contributed by atoms with Gasteiger partial charge in [0.1, 0.15) is 0 Å². The summed E-state index contributed by atoms with van der Waals surface area (Å²) in [4.78, 5) is 0. The average Bonchev–Trinajstić information content (AvgIpc) is 2.74. The second-order valence-electron chi connectivity index (χ2n) is 3.34. The van der Waals surface area contributed by atoms with Crippen molar-refractivity contribution in [2.45, 2.75) is 37.8 Å². The second kappa shape index (κ2) is 2.89. The zero-order valence-corrected chi connectivity index (χ0v) is 6.31. The molecule has 2 unspecified atom stereocenters. The monoisotopic (exact) mass is 141 g/mol. The molecule has 0 aliphatic carbocycles. The molecule has 10 heavy (non-hydrogen) atoms. The predicted octanol–water partition coefficient (Wildman–Crippen LogP) is 0.917. The van der Waals surface area contributed by atoms with Crippen molar-refractivity contribution >= 4 is 0 Å². The molecule has 0 aromatic heterocycles. The fraction of sp³-hybridized carbons (Fsp3) is 1.00. The minimum atomic E-state index is 0.607. The van der Waals surface area contributed by atoms with Crippen molar-refractivity contribution in [1.82, 2.24) is 5.32 Å². The first-order chi connectivity index (χ1) is 4.95. The number of epoxide rings is 1. The Morgan fingerprint density at radius 3 is 2.90 bits per heavy atom. The molecule has 2 atom stereocenters. The molecule has 2 rings (SSSR count). The van der Waals surface area contributed by atoms with Gasteiger partial charge >= 0.3 is 0 Å². The van der Waals surface area contributed by atoms with Gasteiger partial charge in [-0.25, -0.2) is 0 Å². The first-order valence-electron chi connectivity index (χ1n) is 4.30. The quantitative estimate of drug-likeness (QED) is 0.578. The molecule has 2 aliphatic rings. The van der Waals surface area contributed by atoms with E-state index in [1.807, 2.05) is 0 Å². The molecule has 0 aromatic rings. The maximum Gasteiger partial charge on any atom is 0.0824 e. The number of hydrogen-bond donors (Lipinski definition) is 1. The zero-order valence-electron chi connectivity index (χ0n) is 6.31. The van der Waals surface area contributed by atoms with Gasteiger partial charge in [-0.05, 0) is 25.8 Å². The van der Waals surface area contributed by atoms with E-state index in [2.05, 4.69) is 5.32 Å². The minimum Gasteiger partial charge on any atom is -0.373 e. The summed E-state index contributed by atoms with van der Waals surface area (Å²) in [5.41, 5.74) is 0. The molecular weight excluding hydrogens is 126 g/mol. The summed E-state index contributed by atoms with van der Waals surface area (Å²) < 4.78 is 5.17. The van der Waals surface area contributed by atoms with Crippen LogP contribution >= 0.6 is 0 Å². The molecule has 2 fully saturated rings. The van der Waals surface area contributed by atoms with Gasteiger partial charge in [0.05, 0.1) is 12.7 Å². The summed E-state index contributed by atoms with van der Waals surface area (Å²) in [6.45, 7) is 2.23. The number of rotatable bonds is 2. The smallest absolute Gasteiger partial charge is 0.0824 e. The van der Waals surface area contributed by atoms with Crippen LogP contribution in [0.4, 0.5) is 0 Å². The highest BCUT2D eigenvalue weighted by molar-refractivity contribution is 4.80. The van der Waals surface area contributed by atoms with Crippen molar-refractivity contribution < 1.29 is 4.74 Å². The van der Waals surface area contributed by atoms with E-state index >= 15 is 0 Å². The van der Waals surface area contributed by atoms with Gasteiger partial charge in [-0.2, -0.15) is 0 Å². The average molecular weight is 141 g/mol. The van der Waals surface area contributed by atoms with E-state index in [1.54, 1.807) is 0 Å². The van der Waals surface area contributed by atoms with Crippen LogP contribution in [-0.4, -0.2) is 25.3 Å². The number of hydrogen-bond acceptors (Lipinski definition) is 2. The van der Waals surface area contributed by atoms with Gasteiger partial charge in [-0.1, -0.05) is 6.42 Å². The number of nitrogens with one attached hydrogen (secondary N) is 1. The fourth-order valence-corrected chi connectivity index (χ4v) is 1.65. The number of ether oxygens (including phenoxy) is 1. The molecule has 2 saturated heterocycles. The lowest BCUT2D eigenvalue weighted by Gasteiger charge is -2.22. The van der Waals surface area contributed by atoms with Gasteiger partial charge in [0.2, 0.25) is 0 Å². The van der Waals surface area contributed by atoms with Gasteiger partial charge in [-0.3, -0.25) is 0 Å². The first kappa shape index (κ1) is 6.62. The second-order valence-corrected chi connectivity index (χ2v) is 3.34. The summed E-state index contributed by atoms with van der Waals surface area (Å²) in [6.07, 6.45) is 5.99. The predicted molar refractivity (Wildman–Crippen MR) is 40.0 cm³/mol. The van der Waals surface area contributed by atoms with Gasteiger partial charge < -0.3 is 10.1 Å². The third-order valence-electron chi connectivity index (χ3n) is 2.36. The molecule has 0 aromatic carbocycles. The Morgan fingerprint density at radius 2 is 2.30 bits per heavy atom. The topological polar surface area (TPSA) is 24.6 Å². The van der Waals surface area contributed by atoms with E-state index in [9.17, 15) is 0 Å². The van der Waals surface area contributed by atoms with Crippen molar-refractivity contribution in [3.63, 3.8) is 0 Å². The van der Waals surface area contributed by atoms with Crippen molar-refractivity contribution in [2.75, 3.05) is 13.2 Å². The summed E-state index contributed by atoms with van der Waals surface area (Å²) >= 11 is 0. The molecule has 2 heteroatoms. The molecule has 2 aliphatic heterocycles. The van der Waals surface area contributed by atoms with Crippen LogP contribution in [0.5, 0.6) is 0 Å². The maximum absolute atomic E-state index is 5.17. The molecule has 2 nitrogen and oxygen atoms in total. The Kier molecular flexibility index (Phi) is 1.91. The van der Waals surface area contributed by atoms with E-state index in [0.717, 1.165) is 12.6 Å². The molecule has 0 spiro atoms. The third-order valence-corrected chi connectivity index (χ3v) is 2.36. The molecule has 0 amide bonds.